The van der Waals surface area contributed by atoms with Crippen molar-refractivity contribution < 1.29 is 0 Å². The molecule has 1 aliphatic rings. The molecule has 5 heteroatoms. The minimum atomic E-state index is 0.419. The van der Waals surface area contributed by atoms with E-state index in [1.165, 1.54) is 0 Å². The van der Waals surface area contributed by atoms with Gasteiger partial charge in [0.2, 0.25) is 0 Å². The number of aryl methyl sites for hydroxylation is 1. The molecule has 1 aromatic rings. The van der Waals surface area contributed by atoms with Gasteiger partial charge in [0.05, 0.1) is 0 Å². The number of pyridine rings is 1. The SMILES string of the molecule is Cc1cc(C(N)=S)cc(NC2CCN(C)C2)n1. The Kier molecular flexibility index (Phi) is 3.59. The van der Waals surface area contributed by atoms with Gasteiger partial charge in [-0.05, 0) is 39.1 Å². The van der Waals surface area contributed by atoms with E-state index in [0.717, 1.165) is 36.6 Å². The van der Waals surface area contributed by atoms with Crippen molar-refractivity contribution in [2.24, 2.45) is 5.73 Å². The highest BCUT2D eigenvalue weighted by atomic mass is 32.1. The molecule has 3 N–H and O–H groups in total. The molecular formula is C12H18N4S. The summed E-state index contributed by atoms with van der Waals surface area (Å²) in [5, 5.41) is 3.44. The van der Waals surface area contributed by atoms with Gasteiger partial charge in [-0.25, -0.2) is 4.98 Å². The lowest BCUT2D eigenvalue weighted by molar-refractivity contribution is 0.414. The number of thiocarbonyl (C=S) groups is 1. The van der Waals surface area contributed by atoms with Crippen LogP contribution in [0.1, 0.15) is 17.7 Å². The fraction of sp³-hybridized carbons (Fsp3) is 0.500. The van der Waals surface area contributed by atoms with Gasteiger partial charge < -0.3 is 16.0 Å². The van der Waals surface area contributed by atoms with Crippen LogP contribution >= 0.6 is 12.2 Å². The lowest BCUT2D eigenvalue weighted by Crippen LogP contribution is -2.24. The Bertz CT molecular complexity index is 433. The molecule has 0 aliphatic carbocycles. The van der Waals surface area contributed by atoms with E-state index >= 15 is 0 Å². The van der Waals surface area contributed by atoms with Crippen molar-refractivity contribution >= 4 is 23.0 Å². The van der Waals surface area contributed by atoms with Crippen LogP contribution in [0.5, 0.6) is 0 Å². The number of hydrogen-bond donors (Lipinski definition) is 2. The Balaban J connectivity index is 2.12. The quantitative estimate of drug-likeness (QED) is 0.788. The monoisotopic (exact) mass is 250 g/mol. The predicted molar refractivity (Wildman–Crippen MR) is 74.4 cm³/mol. The summed E-state index contributed by atoms with van der Waals surface area (Å²) in [7, 11) is 2.13. The normalized spacial score (nSPS) is 20.5. The summed E-state index contributed by atoms with van der Waals surface area (Å²) in [5.74, 6) is 0.869. The smallest absolute Gasteiger partial charge is 0.127 e. The second-order valence-electron chi connectivity index (χ2n) is 4.64. The second kappa shape index (κ2) is 4.98. The summed E-state index contributed by atoms with van der Waals surface area (Å²) in [6.07, 6.45) is 1.15. The van der Waals surface area contributed by atoms with Crippen LogP contribution in [0.3, 0.4) is 0 Å². The molecule has 1 unspecified atom stereocenters. The molecule has 0 spiro atoms. The minimum absolute atomic E-state index is 0.419. The summed E-state index contributed by atoms with van der Waals surface area (Å²) in [5.41, 5.74) is 7.46. The summed E-state index contributed by atoms with van der Waals surface area (Å²) in [6, 6.07) is 4.30. The first kappa shape index (κ1) is 12.3. The number of anilines is 1. The highest BCUT2D eigenvalue weighted by Crippen LogP contribution is 2.15. The minimum Gasteiger partial charge on any atom is -0.389 e. The van der Waals surface area contributed by atoms with E-state index in [2.05, 4.69) is 22.2 Å². The molecule has 1 saturated heterocycles. The Morgan fingerprint density at radius 1 is 1.59 bits per heavy atom. The van der Waals surface area contributed by atoms with Crippen molar-refractivity contribution in [2.45, 2.75) is 19.4 Å². The van der Waals surface area contributed by atoms with E-state index < -0.39 is 0 Å². The van der Waals surface area contributed by atoms with Crippen molar-refractivity contribution in [3.63, 3.8) is 0 Å². The lowest BCUT2D eigenvalue weighted by Gasteiger charge is -2.14. The Morgan fingerprint density at radius 3 is 2.94 bits per heavy atom. The summed E-state index contributed by atoms with van der Waals surface area (Å²) in [4.78, 5) is 7.19. The number of rotatable bonds is 3. The molecule has 1 aromatic heterocycles. The molecule has 17 heavy (non-hydrogen) atoms. The number of nitrogens with zero attached hydrogens (tertiary/aromatic N) is 2. The number of likely N-dealkylation sites (tertiary alicyclic amines) is 1. The van der Waals surface area contributed by atoms with E-state index in [1.54, 1.807) is 0 Å². The molecule has 1 fully saturated rings. The van der Waals surface area contributed by atoms with Gasteiger partial charge in [-0.3, -0.25) is 0 Å². The summed E-state index contributed by atoms with van der Waals surface area (Å²) in [6.45, 7) is 4.14. The van der Waals surface area contributed by atoms with E-state index in [-0.39, 0.29) is 0 Å². The van der Waals surface area contributed by atoms with Crippen LogP contribution in [0.4, 0.5) is 5.82 Å². The van der Waals surface area contributed by atoms with Gasteiger partial charge in [0.25, 0.3) is 0 Å². The maximum absolute atomic E-state index is 5.65. The standard InChI is InChI=1S/C12H18N4S/c1-8-5-9(12(13)17)6-11(14-8)15-10-3-4-16(2)7-10/h5-6,10H,3-4,7H2,1-2H3,(H2,13,17)(H,14,15). The number of likely N-dealkylation sites (N-methyl/N-ethyl adjacent to an activating group) is 1. The van der Waals surface area contributed by atoms with Crippen molar-refractivity contribution in [1.29, 1.82) is 0 Å². The van der Waals surface area contributed by atoms with Gasteiger partial charge in [0.15, 0.2) is 0 Å². The lowest BCUT2D eigenvalue weighted by atomic mass is 10.2. The van der Waals surface area contributed by atoms with Gasteiger partial charge in [-0.15, -0.1) is 0 Å². The van der Waals surface area contributed by atoms with E-state index in [9.17, 15) is 0 Å². The van der Waals surface area contributed by atoms with Crippen molar-refractivity contribution in [1.82, 2.24) is 9.88 Å². The van der Waals surface area contributed by atoms with Crippen LogP contribution in [0.15, 0.2) is 12.1 Å². The Hall–Kier alpha value is -1.20. The van der Waals surface area contributed by atoms with Crippen molar-refractivity contribution in [3.05, 3.63) is 23.4 Å². The first-order valence-corrected chi connectivity index (χ1v) is 6.19. The molecule has 1 aliphatic heterocycles. The van der Waals surface area contributed by atoms with Crippen LogP contribution < -0.4 is 11.1 Å². The zero-order valence-electron chi connectivity index (χ0n) is 10.2. The zero-order chi connectivity index (χ0) is 12.4. The van der Waals surface area contributed by atoms with Crippen molar-refractivity contribution in [2.75, 3.05) is 25.5 Å². The third kappa shape index (κ3) is 3.14. The van der Waals surface area contributed by atoms with Crippen LogP contribution in [0, 0.1) is 6.92 Å². The molecule has 0 aromatic carbocycles. The summed E-state index contributed by atoms with van der Waals surface area (Å²) < 4.78 is 0. The third-order valence-corrected chi connectivity index (χ3v) is 3.22. The summed E-state index contributed by atoms with van der Waals surface area (Å²) >= 11 is 5.00. The maximum Gasteiger partial charge on any atom is 0.127 e. The molecule has 0 bridgehead atoms. The molecule has 2 heterocycles. The molecule has 0 amide bonds. The molecular weight excluding hydrogens is 232 g/mol. The topological polar surface area (TPSA) is 54.2 Å². The van der Waals surface area contributed by atoms with Crippen LogP contribution in [-0.4, -0.2) is 41.1 Å². The maximum atomic E-state index is 5.65. The number of nitrogens with one attached hydrogen (secondary N) is 1. The zero-order valence-corrected chi connectivity index (χ0v) is 11.0. The fourth-order valence-electron chi connectivity index (χ4n) is 2.15. The fourth-order valence-corrected chi connectivity index (χ4v) is 2.26. The van der Waals surface area contributed by atoms with Crippen molar-refractivity contribution in [3.8, 4) is 0 Å². The first-order chi connectivity index (χ1) is 8.04. The molecule has 0 saturated carbocycles. The van der Waals surface area contributed by atoms with Gasteiger partial charge in [0.1, 0.15) is 10.8 Å². The van der Waals surface area contributed by atoms with E-state index in [1.807, 2.05) is 19.1 Å². The molecule has 4 nitrogen and oxygen atoms in total. The van der Waals surface area contributed by atoms with Gasteiger partial charge >= 0.3 is 0 Å². The van der Waals surface area contributed by atoms with Crippen LogP contribution in [0.2, 0.25) is 0 Å². The Morgan fingerprint density at radius 2 is 2.35 bits per heavy atom. The number of hydrogen-bond acceptors (Lipinski definition) is 4. The molecule has 0 radical (unpaired) electrons. The second-order valence-corrected chi connectivity index (χ2v) is 5.08. The highest BCUT2D eigenvalue weighted by molar-refractivity contribution is 7.80. The van der Waals surface area contributed by atoms with Gasteiger partial charge in [0, 0.05) is 23.8 Å². The number of nitrogens with two attached hydrogens (primary N) is 1. The average Bonchev–Trinajstić information content (AvgIpc) is 2.63. The van der Waals surface area contributed by atoms with Gasteiger partial charge in [-0.2, -0.15) is 0 Å². The van der Waals surface area contributed by atoms with Crippen LogP contribution in [-0.2, 0) is 0 Å². The first-order valence-electron chi connectivity index (χ1n) is 5.78. The predicted octanol–water partition coefficient (Wildman–Crippen LogP) is 1.14. The molecule has 92 valence electrons. The molecule has 1 atom stereocenters. The largest absolute Gasteiger partial charge is 0.389 e. The highest BCUT2D eigenvalue weighted by Gasteiger charge is 2.19. The third-order valence-electron chi connectivity index (χ3n) is 2.98. The number of aromatic nitrogens is 1. The van der Waals surface area contributed by atoms with E-state index in [4.69, 9.17) is 18.0 Å². The average molecular weight is 250 g/mol. The Labute approximate surface area is 107 Å². The van der Waals surface area contributed by atoms with Crippen LogP contribution in [0.25, 0.3) is 0 Å². The van der Waals surface area contributed by atoms with E-state index in [0.29, 0.717) is 11.0 Å². The van der Waals surface area contributed by atoms with Gasteiger partial charge in [-0.1, -0.05) is 12.2 Å². The molecule has 2 rings (SSSR count).